The minimum absolute atomic E-state index is 0.0729. The van der Waals surface area contributed by atoms with Gasteiger partial charge in [-0.2, -0.15) is 0 Å². The van der Waals surface area contributed by atoms with Gasteiger partial charge in [0.15, 0.2) is 0 Å². The van der Waals surface area contributed by atoms with Crippen molar-refractivity contribution < 1.29 is 9.59 Å². The van der Waals surface area contributed by atoms with Gasteiger partial charge < -0.3 is 10.1 Å². The summed E-state index contributed by atoms with van der Waals surface area (Å²) in [4.78, 5) is 23.6. The molecule has 0 spiro atoms. The van der Waals surface area contributed by atoms with Crippen molar-refractivity contribution in [2.75, 3.05) is 5.32 Å². The van der Waals surface area contributed by atoms with E-state index in [0.717, 1.165) is 11.3 Å². The first-order valence-corrected chi connectivity index (χ1v) is 7.04. The molecule has 1 N–H and O–H groups in total. The smallest absolute Gasteiger partial charge is 0.224 e. The topological polar surface area (TPSA) is 46.2 Å². The summed E-state index contributed by atoms with van der Waals surface area (Å²) in [6, 6.07) is 19.1. The first kappa shape index (κ1) is 15.0. The highest BCUT2D eigenvalue weighted by atomic mass is 16.1. The number of Topliss-reactive ketones (excluding diaryl/α,β-unsaturated/α-hetero) is 1. The number of carbonyl (C=O) groups is 2. The standard InChI is InChI=1S/C18H19NO2/c1-14(20)12-16(15-8-4-2-5-9-15)13-18(21)19-17-10-6-3-7-11-17/h2-11,16H,12-13H2,1H3,(H,19,21)/t16-/m0/s1. The molecule has 0 aliphatic rings. The van der Waals surface area contributed by atoms with Crippen LogP contribution in [0.2, 0.25) is 0 Å². The predicted octanol–water partition coefficient (Wildman–Crippen LogP) is 3.78. The van der Waals surface area contributed by atoms with Crippen LogP contribution in [0.4, 0.5) is 5.69 Å². The molecule has 2 aromatic rings. The number of hydrogen-bond donors (Lipinski definition) is 1. The highest BCUT2D eigenvalue weighted by Gasteiger charge is 2.17. The molecule has 3 nitrogen and oxygen atoms in total. The molecule has 0 fully saturated rings. The van der Waals surface area contributed by atoms with Crippen molar-refractivity contribution in [2.45, 2.75) is 25.7 Å². The van der Waals surface area contributed by atoms with E-state index in [0.29, 0.717) is 12.8 Å². The van der Waals surface area contributed by atoms with E-state index in [1.165, 1.54) is 0 Å². The van der Waals surface area contributed by atoms with E-state index in [4.69, 9.17) is 0 Å². The molecule has 0 radical (unpaired) electrons. The fourth-order valence-electron chi connectivity index (χ4n) is 2.34. The quantitative estimate of drug-likeness (QED) is 0.876. The summed E-state index contributed by atoms with van der Waals surface area (Å²) >= 11 is 0. The van der Waals surface area contributed by atoms with Gasteiger partial charge in [-0.05, 0) is 30.5 Å². The molecule has 0 saturated carbocycles. The van der Waals surface area contributed by atoms with E-state index in [1.54, 1.807) is 6.92 Å². The van der Waals surface area contributed by atoms with Crippen LogP contribution in [0.5, 0.6) is 0 Å². The van der Waals surface area contributed by atoms with Gasteiger partial charge >= 0.3 is 0 Å². The third-order valence-corrected chi connectivity index (χ3v) is 3.29. The van der Waals surface area contributed by atoms with E-state index in [2.05, 4.69) is 5.32 Å². The van der Waals surface area contributed by atoms with Crippen LogP contribution in [0.3, 0.4) is 0 Å². The summed E-state index contributed by atoms with van der Waals surface area (Å²) in [6.45, 7) is 1.56. The lowest BCUT2D eigenvalue weighted by atomic mass is 9.91. The highest BCUT2D eigenvalue weighted by Crippen LogP contribution is 2.24. The Morgan fingerprint density at radius 1 is 0.905 bits per heavy atom. The van der Waals surface area contributed by atoms with Gasteiger partial charge in [0.2, 0.25) is 5.91 Å². The second kappa shape index (κ2) is 7.39. The van der Waals surface area contributed by atoms with Crippen LogP contribution in [0.15, 0.2) is 60.7 Å². The molecule has 0 saturated heterocycles. The van der Waals surface area contributed by atoms with E-state index < -0.39 is 0 Å². The SMILES string of the molecule is CC(=O)C[C@@H](CC(=O)Nc1ccccc1)c1ccccc1. The number of hydrogen-bond acceptors (Lipinski definition) is 2. The molecule has 0 aliphatic heterocycles. The third-order valence-electron chi connectivity index (χ3n) is 3.29. The number of anilines is 1. The Hall–Kier alpha value is -2.42. The summed E-state index contributed by atoms with van der Waals surface area (Å²) in [7, 11) is 0. The number of rotatable bonds is 6. The van der Waals surface area contributed by atoms with Crippen molar-refractivity contribution in [1.82, 2.24) is 0 Å². The Morgan fingerprint density at radius 2 is 1.48 bits per heavy atom. The summed E-state index contributed by atoms with van der Waals surface area (Å²) in [5, 5.41) is 2.87. The second-order valence-electron chi connectivity index (χ2n) is 5.13. The van der Waals surface area contributed by atoms with Gasteiger partial charge in [0.05, 0.1) is 0 Å². The average Bonchev–Trinajstić information content (AvgIpc) is 2.48. The van der Waals surface area contributed by atoms with Crippen molar-refractivity contribution >= 4 is 17.4 Å². The van der Waals surface area contributed by atoms with E-state index >= 15 is 0 Å². The summed E-state index contributed by atoms with van der Waals surface area (Å²) in [5.41, 5.74) is 1.80. The molecule has 108 valence electrons. The van der Waals surface area contributed by atoms with Gasteiger partial charge in [0.25, 0.3) is 0 Å². The normalized spacial score (nSPS) is 11.7. The van der Waals surface area contributed by atoms with E-state index in [-0.39, 0.29) is 17.6 Å². The second-order valence-corrected chi connectivity index (χ2v) is 5.13. The van der Waals surface area contributed by atoms with Crippen LogP contribution in [-0.4, -0.2) is 11.7 Å². The Kier molecular flexibility index (Phi) is 5.27. The molecule has 2 rings (SSSR count). The Bertz CT molecular complexity index is 593. The van der Waals surface area contributed by atoms with Crippen molar-refractivity contribution in [2.24, 2.45) is 0 Å². The lowest BCUT2D eigenvalue weighted by Gasteiger charge is -2.15. The minimum atomic E-state index is -0.0765. The Balaban J connectivity index is 2.05. The van der Waals surface area contributed by atoms with Gasteiger partial charge in [0, 0.05) is 18.5 Å². The first-order valence-electron chi connectivity index (χ1n) is 7.04. The average molecular weight is 281 g/mol. The molecule has 3 heteroatoms. The molecule has 0 unspecified atom stereocenters. The molecular formula is C18H19NO2. The van der Waals surface area contributed by atoms with Crippen LogP contribution in [-0.2, 0) is 9.59 Å². The van der Waals surface area contributed by atoms with Crippen molar-refractivity contribution in [3.8, 4) is 0 Å². The maximum absolute atomic E-state index is 12.2. The number of amides is 1. The molecule has 2 aromatic carbocycles. The van der Waals surface area contributed by atoms with Crippen molar-refractivity contribution in [3.05, 3.63) is 66.2 Å². The molecule has 0 heterocycles. The number of ketones is 1. The van der Waals surface area contributed by atoms with Gasteiger partial charge in [-0.25, -0.2) is 0 Å². The fraction of sp³-hybridized carbons (Fsp3) is 0.222. The predicted molar refractivity (Wildman–Crippen MR) is 84.2 cm³/mol. The molecule has 0 aromatic heterocycles. The number of para-hydroxylation sites is 1. The zero-order chi connectivity index (χ0) is 15.1. The van der Waals surface area contributed by atoms with Gasteiger partial charge in [-0.15, -0.1) is 0 Å². The zero-order valence-corrected chi connectivity index (χ0v) is 12.1. The van der Waals surface area contributed by atoms with Crippen molar-refractivity contribution in [3.63, 3.8) is 0 Å². The van der Waals surface area contributed by atoms with Crippen LogP contribution in [0.25, 0.3) is 0 Å². The van der Waals surface area contributed by atoms with Gasteiger partial charge in [0.1, 0.15) is 5.78 Å². The van der Waals surface area contributed by atoms with Crippen LogP contribution in [0, 0.1) is 0 Å². The van der Waals surface area contributed by atoms with Gasteiger partial charge in [-0.1, -0.05) is 48.5 Å². The third kappa shape index (κ3) is 4.88. The molecule has 1 amide bonds. The number of carbonyl (C=O) groups excluding carboxylic acids is 2. The van der Waals surface area contributed by atoms with E-state index in [9.17, 15) is 9.59 Å². The molecule has 1 atom stereocenters. The lowest BCUT2D eigenvalue weighted by molar-refractivity contribution is -0.118. The largest absolute Gasteiger partial charge is 0.326 e. The first-order chi connectivity index (χ1) is 10.1. The van der Waals surface area contributed by atoms with Gasteiger partial charge in [-0.3, -0.25) is 4.79 Å². The Labute approximate surface area is 125 Å². The number of benzene rings is 2. The highest BCUT2D eigenvalue weighted by molar-refractivity contribution is 5.91. The summed E-state index contributed by atoms with van der Waals surface area (Å²) in [6.07, 6.45) is 0.685. The van der Waals surface area contributed by atoms with Crippen LogP contribution >= 0.6 is 0 Å². The molecular weight excluding hydrogens is 262 g/mol. The van der Waals surface area contributed by atoms with Crippen LogP contribution in [0.1, 0.15) is 31.2 Å². The van der Waals surface area contributed by atoms with Crippen LogP contribution < -0.4 is 5.32 Å². The van der Waals surface area contributed by atoms with Crippen molar-refractivity contribution in [1.29, 1.82) is 0 Å². The summed E-state index contributed by atoms with van der Waals surface area (Å²) < 4.78 is 0. The van der Waals surface area contributed by atoms with E-state index in [1.807, 2.05) is 60.7 Å². The molecule has 0 aliphatic carbocycles. The zero-order valence-electron chi connectivity index (χ0n) is 12.1. The maximum Gasteiger partial charge on any atom is 0.224 e. The number of nitrogens with one attached hydrogen (secondary N) is 1. The molecule has 0 bridgehead atoms. The lowest BCUT2D eigenvalue weighted by Crippen LogP contribution is -2.17. The molecule has 21 heavy (non-hydrogen) atoms. The maximum atomic E-state index is 12.2. The monoisotopic (exact) mass is 281 g/mol. The summed E-state index contributed by atoms with van der Waals surface area (Å²) in [5.74, 6) is -0.0555. The fourth-order valence-corrected chi connectivity index (χ4v) is 2.34. The minimum Gasteiger partial charge on any atom is -0.326 e. The Morgan fingerprint density at radius 3 is 2.05 bits per heavy atom.